The van der Waals surface area contributed by atoms with E-state index in [-0.39, 0.29) is 11.9 Å². The molecule has 138 valence electrons. The number of aromatic nitrogens is 1. The topological polar surface area (TPSA) is 45.2 Å². The molecule has 1 unspecified atom stereocenters. The van der Waals surface area contributed by atoms with Crippen molar-refractivity contribution in [2.24, 2.45) is 0 Å². The Balaban J connectivity index is 1.50. The molecule has 0 aliphatic carbocycles. The van der Waals surface area contributed by atoms with Crippen molar-refractivity contribution in [1.29, 1.82) is 0 Å². The summed E-state index contributed by atoms with van der Waals surface area (Å²) in [5, 5.41) is 3.16. The maximum atomic E-state index is 12.3. The number of aryl methyl sites for hydroxylation is 2. The summed E-state index contributed by atoms with van der Waals surface area (Å²) >= 11 is 0. The van der Waals surface area contributed by atoms with E-state index < -0.39 is 0 Å². The minimum Gasteiger partial charge on any atom is -0.354 e. The third-order valence-electron chi connectivity index (χ3n) is 5.13. The minimum atomic E-state index is 0.144. The van der Waals surface area contributed by atoms with Crippen molar-refractivity contribution in [3.05, 3.63) is 65.5 Å². The molecule has 1 N–H and O–H groups in total. The first-order valence-corrected chi connectivity index (χ1v) is 9.68. The van der Waals surface area contributed by atoms with Gasteiger partial charge in [0, 0.05) is 25.4 Å². The maximum Gasteiger partial charge on any atom is 0.220 e. The Morgan fingerprint density at radius 3 is 2.65 bits per heavy atom. The molecular formula is C22H29N3O. The van der Waals surface area contributed by atoms with Gasteiger partial charge in [-0.05, 0) is 62.9 Å². The van der Waals surface area contributed by atoms with Crippen LogP contribution in [-0.2, 0) is 11.2 Å². The predicted molar refractivity (Wildman–Crippen MR) is 105 cm³/mol. The van der Waals surface area contributed by atoms with Crippen LogP contribution in [0.15, 0.2) is 48.8 Å². The first-order valence-electron chi connectivity index (χ1n) is 9.68. The van der Waals surface area contributed by atoms with Crippen molar-refractivity contribution >= 4 is 5.91 Å². The van der Waals surface area contributed by atoms with Gasteiger partial charge in [-0.2, -0.15) is 0 Å². The van der Waals surface area contributed by atoms with Crippen LogP contribution in [0.4, 0.5) is 0 Å². The Morgan fingerprint density at radius 2 is 1.96 bits per heavy atom. The molecule has 4 heteroatoms. The third kappa shape index (κ3) is 5.40. The Labute approximate surface area is 156 Å². The van der Waals surface area contributed by atoms with Crippen LogP contribution in [0, 0.1) is 6.92 Å². The molecule has 1 amide bonds. The second-order valence-electron chi connectivity index (χ2n) is 7.19. The maximum absolute atomic E-state index is 12.3. The van der Waals surface area contributed by atoms with Crippen molar-refractivity contribution in [2.45, 2.75) is 45.1 Å². The highest BCUT2D eigenvalue weighted by Gasteiger charge is 2.23. The second-order valence-corrected chi connectivity index (χ2v) is 7.19. The van der Waals surface area contributed by atoms with Crippen LogP contribution in [0.25, 0.3) is 0 Å². The molecule has 26 heavy (non-hydrogen) atoms. The van der Waals surface area contributed by atoms with Crippen LogP contribution in [0.1, 0.15) is 48.4 Å². The SMILES string of the molecule is Cc1ccc(C(CNC(=O)CCCc2cccnc2)N2CCCC2)cc1. The molecule has 1 saturated heterocycles. The van der Waals surface area contributed by atoms with E-state index in [1.165, 1.54) is 29.5 Å². The molecule has 1 aromatic heterocycles. The lowest BCUT2D eigenvalue weighted by atomic mass is 10.0. The molecule has 4 nitrogen and oxygen atoms in total. The Hall–Kier alpha value is -2.20. The molecule has 1 aromatic carbocycles. The zero-order valence-electron chi connectivity index (χ0n) is 15.7. The number of hydrogen-bond donors (Lipinski definition) is 1. The number of hydrogen-bond acceptors (Lipinski definition) is 3. The summed E-state index contributed by atoms with van der Waals surface area (Å²) < 4.78 is 0. The largest absolute Gasteiger partial charge is 0.354 e. The van der Waals surface area contributed by atoms with Crippen LogP contribution < -0.4 is 5.32 Å². The minimum absolute atomic E-state index is 0.144. The van der Waals surface area contributed by atoms with E-state index >= 15 is 0 Å². The number of pyridine rings is 1. The lowest BCUT2D eigenvalue weighted by Crippen LogP contribution is -2.36. The van der Waals surface area contributed by atoms with Gasteiger partial charge >= 0.3 is 0 Å². The summed E-state index contributed by atoms with van der Waals surface area (Å²) in [6, 6.07) is 13.0. The summed E-state index contributed by atoms with van der Waals surface area (Å²) in [5.41, 5.74) is 3.76. The first kappa shape index (κ1) is 18.6. The highest BCUT2D eigenvalue weighted by atomic mass is 16.1. The van der Waals surface area contributed by atoms with E-state index in [1.54, 1.807) is 6.20 Å². The fourth-order valence-corrected chi connectivity index (χ4v) is 3.60. The van der Waals surface area contributed by atoms with Gasteiger partial charge < -0.3 is 5.32 Å². The number of carbonyl (C=O) groups excluding carboxylic acids is 1. The molecule has 1 atom stereocenters. The van der Waals surface area contributed by atoms with Gasteiger partial charge in [0.1, 0.15) is 0 Å². The Morgan fingerprint density at radius 1 is 1.19 bits per heavy atom. The van der Waals surface area contributed by atoms with Crippen LogP contribution >= 0.6 is 0 Å². The summed E-state index contributed by atoms with van der Waals surface area (Å²) in [6.07, 6.45) is 8.47. The van der Waals surface area contributed by atoms with Crippen LogP contribution in [0.5, 0.6) is 0 Å². The molecule has 2 aromatic rings. The van der Waals surface area contributed by atoms with E-state index in [2.05, 4.69) is 52.5 Å². The second kappa shape index (κ2) is 9.48. The van der Waals surface area contributed by atoms with Crippen LogP contribution in [0.2, 0.25) is 0 Å². The highest BCUT2D eigenvalue weighted by molar-refractivity contribution is 5.75. The van der Waals surface area contributed by atoms with E-state index in [1.807, 2.05) is 12.3 Å². The van der Waals surface area contributed by atoms with Gasteiger partial charge in [0.2, 0.25) is 5.91 Å². The van der Waals surface area contributed by atoms with Crippen LogP contribution in [-0.4, -0.2) is 35.4 Å². The third-order valence-corrected chi connectivity index (χ3v) is 5.13. The molecule has 0 saturated carbocycles. The number of nitrogens with zero attached hydrogens (tertiary/aromatic N) is 2. The fourth-order valence-electron chi connectivity index (χ4n) is 3.60. The van der Waals surface area contributed by atoms with Crippen molar-refractivity contribution in [1.82, 2.24) is 15.2 Å². The van der Waals surface area contributed by atoms with E-state index in [9.17, 15) is 4.79 Å². The van der Waals surface area contributed by atoms with Gasteiger partial charge in [0.15, 0.2) is 0 Å². The zero-order chi connectivity index (χ0) is 18.2. The number of rotatable bonds is 8. The van der Waals surface area contributed by atoms with Crippen molar-refractivity contribution in [2.75, 3.05) is 19.6 Å². The summed E-state index contributed by atoms with van der Waals surface area (Å²) in [5.74, 6) is 0.144. The van der Waals surface area contributed by atoms with E-state index in [0.29, 0.717) is 13.0 Å². The molecule has 1 aliphatic heterocycles. The standard InChI is InChI=1S/C22H29N3O/c1-18-9-11-20(12-10-18)21(25-14-2-3-15-25)17-24-22(26)8-4-6-19-7-5-13-23-16-19/h5,7,9-13,16,21H,2-4,6,8,14-15,17H2,1H3,(H,24,26). The lowest BCUT2D eigenvalue weighted by Gasteiger charge is -2.28. The van der Waals surface area contributed by atoms with Crippen molar-refractivity contribution in [3.63, 3.8) is 0 Å². The van der Waals surface area contributed by atoms with Gasteiger partial charge in [0.05, 0.1) is 6.04 Å². The van der Waals surface area contributed by atoms with Gasteiger partial charge in [-0.1, -0.05) is 35.9 Å². The van der Waals surface area contributed by atoms with Crippen molar-refractivity contribution in [3.8, 4) is 0 Å². The summed E-state index contributed by atoms with van der Waals surface area (Å²) in [7, 11) is 0. The fraction of sp³-hybridized carbons (Fsp3) is 0.455. The van der Waals surface area contributed by atoms with E-state index in [4.69, 9.17) is 0 Å². The van der Waals surface area contributed by atoms with Gasteiger partial charge in [-0.25, -0.2) is 0 Å². The Kier molecular flexibility index (Phi) is 6.78. The molecule has 3 rings (SSSR count). The molecule has 0 spiro atoms. The van der Waals surface area contributed by atoms with Gasteiger partial charge in [-0.15, -0.1) is 0 Å². The molecule has 2 heterocycles. The first-order chi connectivity index (χ1) is 12.7. The molecule has 0 radical (unpaired) electrons. The summed E-state index contributed by atoms with van der Waals surface area (Å²) in [6.45, 7) is 5.04. The number of benzene rings is 1. The normalized spacial score (nSPS) is 15.7. The summed E-state index contributed by atoms with van der Waals surface area (Å²) in [4.78, 5) is 18.9. The number of likely N-dealkylation sites (tertiary alicyclic amines) is 1. The monoisotopic (exact) mass is 351 g/mol. The highest BCUT2D eigenvalue weighted by Crippen LogP contribution is 2.25. The smallest absolute Gasteiger partial charge is 0.220 e. The van der Waals surface area contributed by atoms with Crippen molar-refractivity contribution < 1.29 is 4.79 Å². The molecule has 0 bridgehead atoms. The van der Waals surface area contributed by atoms with Gasteiger partial charge in [0.25, 0.3) is 0 Å². The van der Waals surface area contributed by atoms with Crippen LogP contribution in [0.3, 0.4) is 0 Å². The van der Waals surface area contributed by atoms with Gasteiger partial charge in [-0.3, -0.25) is 14.7 Å². The average Bonchev–Trinajstić information content (AvgIpc) is 3.19. The predicted octanol–water partition coefficient (Wildman–Crippen LogP) is 3.67. The van der Waals surface area contributed by atoms with E-state index in [0.717, 1.165) is 25.9 Å². The molecular weight excluding hydrogens is 322 g/mol. The number of carbonyl (C=O) groups is 1. The lowest BCUT2D eigenvalue weighted by molar-refractivity contribution is -0.121. The average molecular weight is 351 g/mol. The molecule has 1 fully saturated rings. The molecule has 1 aliphatic rings. The zero-order valence-corrected chi connectivity index (χ0v) is 15.7. The Bertz CT molecular complexity index is 678. The number of amides is 1. The quantitative estimate of drug-likeness (QED) is 0.789. The number of nitrogens with one attached hydrogen (secondary N) is 1.